The summed E-state index contributed by atoms with van der Waals surface area (Å²) in [6, 6.07) is 11.5. The van der Waals surface area contributed by atoms with Gasteiger partial charge in [0.1, 0.15) is 5.75 Å². The normalized spacial score (nSPS) is 10.2. The van der Waals surface area contributed by atoms with E-state index in [2.05, 4.69) is 0 Å². The Morgan fingerprint density at radius 1 is 1.11 bits per heavy atom. The fourth-order valence-electron chi connectivity index (χ4n) is 1.82. The van der Waals surface area contributed by atoms with Crippen LogP contribution in [0.5, 0.6) is 5.75 Å². The van der Waals surface area contributed by atoms with Crippen LogP contribution in [0.2, 0.25) is 0 Å². The van der Waals surface area contributed by atoms with Crippen LogP contribution >= 0.6 is 0 Å². The molecule has 0 aromatic heterocycles. The number of aromatic carboxylic acids is 1. The Morgan fingerprint density at radius 3 is 2.39 bits per heavy atom. The highest BCUT2D eigenvalue weighted by molar-refractivity contribution is 5.91. The average molecular weight is 243 g/mol. The van der Waals surface area contributed by atoms with Crippen LogP contribution in [-0.4, -0.2) is 16.2 Å². The van der Waals surface area contributed by atoms with E-state index in [1.54, 1.807) is 36.4 Å². The first-order valence-corrected chi connectivity index (χ1v) is 5.46. The van der Waals surface area contributed by atoms with E-state index >= 15 is 0 Å². The summed E-state index contributed by atoms with van der Waals surface area (Å²) in [5.41, 5.74) is 7.99. The number of rotatable bonds is 3. The first-order chi connectivity index (χ1) is 8.58. The highest BCUT2D eigenvalue weighted by Crippen LogP contribution is 2.22. The van der Waals surface area contributed by atoms with E-state index in [9.17, 15) is 9.90 Å². The number of carboxylic acids is 1. The minimum atomic E-state index is -0.990. The second-order valence-corrected chi connectivity index (χ2v) is 4.02. The smallest absolute Gasteiger partial charge is 0.336 e. The summed E-state index contributed by atoms with van der Waals surface area (Å²) in [5.74, 6) is -0.811. The lowest BCUT2D eigenvalue weighted by molar-refractivity contribution is 0.0696. The molecule has 0 saturated heterocycles. The van der Waals surface area contributed by atoms with Crippen LogP contribution < -0.4 is 5.73 Å². The molecule has 0 aliphatic rings. The monoisotopic (exact) mass is 243 g/mol. The molecule has 2 aromatic carbocycles. The van der Waals surface area contributed by atoms with Gasteiger partial charge in [-0.15, -0.1) is 0 Å². The summed E-state index contributed by atoms with van der Waals surface area (Å²) in [6.07, 6.45) is 0.425. The summed E-state index contributed by atoms with van der Waals surface area (Å²) in [7, 11) is 0. The highest BCUT2D eigenvalue weighted by Gasteiger charge is 2.12. The molecule has 0 radical (unpaired) electrons. The number of hydrogen-bond donors (Lipinski definition) is 3. The predicted octanol–water partition coefficient (Wildman–Crippen LogP) is 2.26. The number of nitrogen functional groups attached to an aromatic ring is 1. The molecule has 0 bridgehead atoms. The van der Waals surface area contributed by atoms with Gasteiger partial charge in [-0.2, -0.15) is 0 Å². The lowest BCUT2D eigenvalue weighted by Gasteiger charge is -2.09. The summed E-state index contributed by atoms with van der Waals surface area (Å²) in [5, 5.41) is 18.3. The Bertz CT molecular complexity index is 576. The number of hydrogen-bond acceptors (Lipinski definition) is 3. The van der Waals surface area contributed by atoms with E-state index in [0.29, 0.717) is 17.7 Å². The van der Waals surface area contributed by atoms with Crippen LogP contribution in [0.25, 0.3) is 0 Å². The van der Waals surface area contributed by atoms with Gasteiger partial charge in [-0.3, -0.25) is 0 Å². The summed E-state index contributed by atoms with van der Waals surface area (Å²) in [6.45, 7) is 0. The number of phenols is 1. The van der Waals surface area contributed by atoms with Gasteiger partial charge in [-0.25, -0.2) is 4.79 Å². The van der Waals surface area contributed by atoms with E-state index in [4.69, 9.17) is 10.8 Å². The summed E-state index contributed by atoms with van der Waals surface area (Å²) in [4.78, 5) is 11.1. The first kappa shape index (κ1) is 12.0. The molecule has 4 nitrogen and oxygen atoms in total. The molecule has 0 aliphatic carbocycles. The Balaban J connectivity index is 2.39. The van der Waals surface area contributed by atoms with Crippen molar-refractivity contribution in [2.75, 3.05) is 5.73 Å². The van der Waals surface area contributed by atoms with Gasteiger partial charge in [0.05, 0.1) is 5.56 Å². The van der Waals surface area contributed by atoms with Crippen molar-refractivity contribution >= 4 is 11.7 Å². The van der Waals surface area contributed by atoms with E-state index in [1.807, 2.05) is 0 Å². The minimum absolute atomic E-state index is 0.179. The largest absolute Gasteiger partial charge is 0.508 e. The number of nitrogens with two attached hydrogens (primary N) is 1. The van der Waals surface area contributed by atoms with E-state index in [1.165, 1.54) is 6.07 Å². The Hall–Kier alpha value is -2.49. The number of aromatic hydroxyl groups is 1. The molecule has 0 amide bonds. The third-order valence-electron chi connectivity index (χ3n) is 2.76. The number of carbonyl (C=O) groups is 1. The van der Waals surface area contributed by atoms with Gasteiger partial charge in [-0.05, 0) is 35.4 Å². The molecule has 0 fully saturated rings. The quantitative estimate of drug-likeness (QED) is 0.722. The van der Waals surface area contributed by atoms with Gasteiger partial charge in [0, 0.05) is 12.1 Å². The molecule has 0 atom stereocenters. The molecule has 0 unspecified atom stereocenters. The fourth-order valence-corrected chi connectivity index (χ4v) is 1.82. The van der Waals surface area contributed by atoms with Crippen LogP contribution in [-0.2, 0) is 6.42 Å². The number of anilines is 1. The topological polar surface area (TPSA) is 83.6 Å². The van der Waals surface area contributed by atoms with Crippen LogP contribution in [0.15, 0.2) is 42.5 Å². The zero-order chi connectivity index (χ0) is 13.1. The second kappa shape index (κ2) is 4.79. The molecule has 4 N–H and O–H groups in total. The standard InChI is InChI=1S/C14H13NO3/c15-13-3-1-2-11(14(17)18)12(13)8-9-4-6-10(16)7-5-9/h1-7,16H,8,15H2,(H,17,18). The van der Waals surface area contributed by atoms with Gasteiger partial charge < -0.3 is 15.9 Å². The molecule has 2 rings (SSSR count). The molecule has 0 aliphatic heterocycles. The van der Waals surface area contributed by atoms with E-state index in [-0.39, 0.29) is 11.3 Å². The lowest BCUT2D eigenvalue weighted by atomic mass is 9.98. The molecule has 2 aromatic rings. The maximum absolute atomic E-state index is 11.1. The molecule has 0 heterocycles. The first-order valence-electron chi connectivity index (χ1n) is 5.46. The van der Waals surface area contributed by atoms with Crippen molar-refractivity contribution in [3.8, 4) is 5.75 Å². The third kappa shape index (κ3) is 2.43. The molecule has 92 valence electrons. The van der Waals surface area contributed by atoms with Crippen LogP contribution in [0, 0.1) is 0 Å². The van der Waals surface area contributed by atoms with Gasteiger partial charge in [0.15, 0.2) is 0 Å². The summed E-state index contributed by atoms with van der Waals surface area (Å²) < 4.78 is 0. The molecule has 0 spiro atoms. The maximum Gasteiger partial charge on any atom is 0.336 e. The van der Waals surface area contributed by atoms with Crippen molar-refractivity contribution in [3.63, 3.8) is 0 Å². The lowest BCUT2D eigenvalue weighted by Crippen LogP contribution is -2.06. The van der Waals surface area contributed by atoms with Crippen molar-refractivity contribution < 1.29 is 15.0 Å². The predicted molar refractivity (Wildman–Crippen MR) is 68.7 cm³/mol. The van der Waals surface area contributed by atoms with Gasteiger partial charge in [0.2, 0.25) is 0 Å². The van der Waals surface area contributed by atoms with E-state index < -0.39 is 5.97 Å². The second-order valence-electron chi connectivity index (χ2n) is 4.02. The van der Waals surface area contributed by atoms with Crippen LogP contribution in [0.4, 0.5) is 5.69 Å². The zero-order valence-corrected chi connectivity index (χ0v) is 9.63. The molecule has 0 saturated carbocycles. The van der Waals surface area contributed by atoms with Crippen LogP contribution in [0.3, 0.4) is 0 Å². The maximum atomic E-state index is 11.1. The van der Waals surface area contributed by atoms with Crippen molar-refractivity contribution in [1.82, 2.24) is 0 Å². The molecular weight excluding hydrogens is 230 g/mol. The van der Waals surface area contributed by atoms with Crippen molar-refractivity contribution in [3.05, 3.63) is 59.2 Å². The average Bonchev–Trinajstić information content (AvgIpc) is 2.34. The molecular formula is C14H13NO3. The fraction of sp³-hybridized carbons (Fsp3) is 0.0714. The van der Waals surface area contributed by atoms with E-state index in [0.717, 1.165) is 5.56 Å². The molecule has 18 heavy (non-hydrogen) atoms. The van der Waals surface area contributed by atoms with Gasteiger partial charge in [-0.1, -0.05) is 18.2 Å². The number of benzene rings is 2. The Kier molecular flexibility index (Phi) is 3.19. The number of phenolic OH excluding ortho intramolecular Hbond substituents is 1. The molecule has 4 heteroatoms. The highest BCUT2D eigenvalue weighted by atomic mass is 16.4. The van der Waals surface area contributed by atoms with Crippen molar-refractivity contribution in [2.45, 2.75) is 6.42 Å². The van der Waals surface area contributed by atoms with Gasteiger partial charge in [0.25, 0.3) is 0 Å². The Morgan fingerprint density at radius 2 is 1.78 bits per heavy atom. The van der Waals surface area contributed by atoms with Crippen molar-refractivity contribution in [1.29, 1.82) is 0 Å². The Labute approximate surface area is 104 Å². The van der Waals surface area contributed by atoms with Crippen LogP contribution in [0.1, 0.15) is 21.5 Å². The van der Waals surface area contributed by atoms with Gasteiger partial charge >= 0.3 is 5.97 Å². The minimum Gasteiger partial charge on any atom is -0.508 e. The SMILES string of the molecule is Nc1cccc(C(=O)O)c1Cc1ccc(O)cc1. The van der Waals surface area contributed by atoms with Crippen molar-refractivity contribution in [2.24, 2.45) is 0 Å². The number of carboxylic acid groups (broad SMARTS) is 1. The summed E-state index contributed by atoms with van der Waals surface area (Å²) >= 11 is 0. The zero-order valence-electron chi connectivity index (χ0n) is 9.63. The third-order valence-corrected chi connectivity index (χ3v) is 2.76.